The fourth-order valence-corrected chi connectivity index (χ4v) is 2.35. The fraction of sp³-hybridized carbons (Fsp3) is 0.462. The molecule has 0 radical (unpaired) electrons. The Labute approximate surface area is 99.8 Å². The van der Waals surface area contributed by atoms with Crippen molar-refractivity contribution in [2.75, 3.05) is 6.61 Å². The van der Waals surface area contributed by atoms with Crippen molar-refractivity contribution in [1.82, 2.24) is 9.55 Å². The summed E-state index contributed by atoms with van der Waals surface area (Å²) in [5.41, 5.74) is 2.90. The second-order valence-corrected chi connectivity index (χ2v) is 4.45. The lowest BCUT2D eigenvalue weighted by Gasteiger charge is -2.24. The minimum Gasteiger partial charge on any atom is -0.392 e. The predicted molar refractivity (Wildman–Crippen MR) is 64.5 cm³/mol. The van der Waals surface area contributed by atoms with Crippen LogP contribution in [0.5, 0.6) is 0 Å². The van der Waals surface area contributed by atoms with Gasteiger partial charge in [0, 0.05) is 6.61 Å². The van der Waals surface area contributed by atoms with Crippen molar-refractivity contribution in [3.63, 3.8) is 0 Å². The smallest absolute Gasteiger partial charge is 0.135 e. The molecule has 90 valence electrons. The van der Waals surface area contributed by atoms with Gasteiger partial charge in [-0.3, -0.25) is 0 Å². The minimum atomic E-state index is 0.0583. The lowest BCUT2D eigenvalue weighted by Crippen LogP contribution is -2.17. The van der Waals surface area contributed by atoms with Gasteiger partial charge in [-0.05, 0) is 37.0 Å². The molecule has 1 saturated heterocycles. The number of hydrogen-bond acceptors (Lipinski definition) is 3. The molecule has 17 heavy (non-hydrogen) atoms. The Morgan fingerprint density at radius 1 is 1.41 bits per heavy atom. The van der Waals surface area contributed by atoms with Crippen LogP contribution in [0.3, 0.4) is 0 Å². The molecule has 2 heterocycles. The number of rotatable bonds is 2. The molecule has 0 aliphatic carbocycles. The van der Waals surface area contributed by atoms with E-state index in [1.807, 2.05) is 24.5 Å². The zero-order chi connectivity index (χ0) is 11.7. The van der Waals surface area contributed by atoms with Crippen LogP contribution in [-0.4, -0.2) is 21.3 Å². The van der Waals surface area contributed by atoms with Gasteiger partial charge in [0.25, 0.3) is 0 Å². The van der Waals surface area contributed by atoms with E-state index in [2.05, 4.69) is 9.55 Å². The second kappa shape index (κ2) is 4.47. The molecule has 1 atom stereocenters. The number of fused-ring (bicyclic) bond motifs is 1. The third kappa shape index (κ3) is 1.94. The van der Waals surface area contributed by atoms with Crippen molar-refractivity contribution in [2.24, 2.45) is 0 Å². The number of aromatic nitrogens is 2. The Morgan fingerprint density at radius 2 is 2.35 bits per heavy atom. The Balaban J connectivity index is 1.99. The van der Waals surface area contributed by atoms with Gasteiger partial charge in [-0.2, -0.15) is 0 Å². The lowest BCUT2D eigenvalue weighted by molar-refractivity contribution is -0.0295. The summed E-state index contributed by atoms with van der Waals surface area (Å²) in [6.07, 6.45) is 5.36. The Hall–Kier alpha value is -1.39. The van der Waals surface area contributed by atoms with Crippen molar-refractivity contribution in [2.45, 2.75) is 32.1 Å². The number of hydrogen-bond donors (Lipinski definition) is 1. The molecule has 1 fully saturated rings. The number of ether oxygens (including phenoxy) is 1. The highest BCUT2D eigenvalue weighted by Crippen LogP contribution is 2.26. The highest BCUT2D eigenvalue weighted by molar-refractivity contribution is 5.76. The first kappa shape index (κ1) is 10.7. The van der Waals surface area contributed by atoms with Gasteiger partial charge < -0.3 is 14.4 Å². The van der Waals surface area contributed by atoms with Gasteiger partial charge in [-0.15, -0.1) is 0 Å². The second-order valence-electron chi connectivity index (χ2n) is 4.45. The normalized spacial score (nSPS) is 20.9. The molecule has 1 aliphatic rings. The molecule has 1 N–H and O–H groups in total. The third-order valence-corrected chi connectivity index (χ3v) is 3.29. The Bertz CT molecular complexity index is 515. The van der Waals surface area contributed by atoms with Crippen LogP contribution >= 0.6 is 0 Å². The quantitative estimate of drug-likeness (QED) is 0.863. The average molecular weight is 232 g/mol. The van der Waals surface area contributed by atoms with Crippen LogP contribution in [0.25, 0.3) is 11.0 Å². The van der Waals surface area contributed by atoms with Crippen molar-refractivity contribution in [3.05, 3.63) is 30.1 Å². The molecule has 4 nitrogen and oxygen atoms in total. The summed E-state index contributed by atoms with van der Waals surface area (Å²) in [6, 6.07) is 5.86. The van der Waals surface area contributed by atoms with E-state index in [9.17, 15) is 0 Å². The van der Waals surface area contributed by atoms with Gasteiger partial charge in [-0.1, -0.05) is 6.07 Å². The highest BCUT2D eigenvalue weighted by Gasteiger charge is 2.17. The zero-order valence-electron chi connectivity index (χ0n) is 9.67. The first-order chi connectivity index (χ1) is 8.38. The largest absolute Gasteiger partial charge is 0.392 e. The number of imidazole rings is 1. The monoisotopic (exact) mass is 232 g/mol. The van der Waals surface area contributed by atoms with Gasteiger partial charge in [0.05, 0.1) is 24.0 Å². The fourth-order valence-electron chi connectivity index (χ4n) is 2.35. The van der Waals surface area contributed by atoms with Crippen molar-refractivity contribution < 1.29 is 9.84 Å². The molecule has 0 bridgehead atoms. The molecule has 1 aromatic carbocycles. The van der Waals surface area contributed by atoms with E-state index in [1.54, 1.807) is 0 Å². The highest BCUT2D eigenvalue weighted by atomic mass is 16.5. The molecule has 3 rings (SSSR count). The van der Waals surface area contributed by atoms with Crippen molar-refractivity contribution >= 4 is 11.0 Å². The first-order valence-electron chi connectivity index (χ1n) is 6.06. The van der Waals surface area contributed by atoms with Crippen LogP contribution in [0.4, 0.5) is 0 Å². The van der Waals surface area contributed by atoms with E-state index in [1.165, 1.54) is 6.42 Å². The number of benzene rings is 1. The van der Waals surface area contributed by atoms with Crippen molar-refractivity contribution in [3.8, 4) is 0 Å². The molecule has 2 aromatic rings. The predicted octanol–water partition coefficient (Wildman–Crippen LogP) is 2.23. The summed E-state index contributed by atoms with van der Waals surface area (Å²) < 4.78 is 7.85. The van der Waals surface area contributed by atoms with E-state index in [-0.39, 0.29) is 12.8 Å². The topological polar surface area (TPSA) is 47.3 Å². The standard InChI is InChI=1S/C13H16N2O2/c16-8-10-4-5-12-11(7-10)14-9-15(12)13-3-1-2-6-17-13/h4-5,7,9,13,16H,1-3,6,8H2/t13-/m1/s1. The molecular formula is C13H16N2O2. The maximum absolute atomic E-state index is 9.09. The van der Waals surface area contributed by atoms with Gasteiger partial charge in [0.1, 0.15) is 6.23 Å². The van der Waals surface area contributed by atoms with Gasteiger partial charge >= 0.3 is 0 Å². The molecule has 0 amide bonds. The molecule has 0 spiro atoms. The summed E-state index contributed by atoms with van der Waals surface area (Å²) in [5.74, 6) is 0. The van der Waals surface area contributed by atoms with Gasteiger partial charge in [0.15, 0.2) is 0 Å². The summed E-state index contributed by atoms with van der Waals surface area (Å²) in [4.78, 5) is 4.37. The van der Waals surface area contributed by atoms with E-state index in [0.29, 0.717) is 0 Å². The van der Waals surface area contributed by atoms with Gasteiger partial charge in [-0.25, -0.2) is 4.98 Å². The molecule has 4 heteroatoms. The molecule has 0 unspecified atom stereocenters. The number of nitrogens with zero attached hydrogens (tertiary/aromatic N) is 2. The van der Waals surface area contributed by atoms with Crippen LogP contribution in [0.2, 0.25) is 0 Å². The summed E-state index contributed by atoms with van der Waals surface area (Å²) in [5, 5.41) is 9.09. The molecule has 1 aliphatic heterocycles. The summed E-state index contributed by atoms with van der Waals surface area (Å²) in [7, 11) is 0. The maximum atomic E-state index is 9.09. The average Bonchev–Trinajstić information content (AvgIpc) is 2.82. The minimum absolute atomic E-state index is 0.0583. The molecular weight excluding hydrogens is 216 g/mol. The zero-order valence-corrected chi connectivity index (χ0v) is 9.67. The third-order valence-electron chi connectivity index (χ3n) is 3.29. The van der Waals surface area contributed by atoms with Gasteiger partial charge in [0.2, 0.25) is 0 Å². The number of aliphatic hydroxyl groups excluding tert-OH is 1. The molecule has 0 saturated carbocycles. The Kier molecular flexibility index (Phi) is 2.82. The van der Waals surface area contributed by atoms with Crippen molar-refractivity contribution in [1.29, 1.82) is 0 Å². The lowest BCUT2D eigenvalue weighted by atomic mass is 10.1. The Morgan fingerprint density at radius 3 is 3.12 bits per heavy atom. The van der Waals surface area contributed by atoms with Crippen LogP contribution in [0, 0.1) is 0 Å². The van der Waals surface area contributed by atoms with Crippen LogP contribution in [0.15, 0.2) is 24.5 Å². The van der Waals surface area contributed by atoms with Crippen LogP contribution in [0.1, 0.15) is 31.1 Å². The van der Waals surface area contributed by atoms with E-state index in [0.717, 1.165) is 36.0 Å². The van der Waals surface area contributed by atoms with Crippen LogP contribution < -0.4 is 0 Å². The van der Waals surface area contributed by atoms with E-state index >= 15 is 0 Å². The van der Waals surface area contributed by atoms with Crippen LogP contribution in [-0.2, 0) is 11.3 Å². The number of aliphatic hydroxyl groups is 1. The summed E-state index contributed by atoms with van der Waals surface area (Å²) in [6.45, 7) is 0.891. The summed E-state index contributed by atoms with van der Waals surface area (Å²) >= 11 is 0. The SMILES string of the molecule is OCc1ccc2c(c1)ncn2[C@H]1CCCCO1. The first-order valence-corrected chi connectivity index (χ1v) is 6.06. The molecule has 1 aromatic heterocycles. The van der Waals surface area contributed by atoms with E-state index in [4.69, 9.17) is 9.84 Å². The van der Waals surface area contributed by atoms with E-state index < -0.39 is 0 Å². The maximum Gasteiger partial charge on any atom is 0.135 e.